The minimum absolute atomic E-state index is 0.168. The molecule has 0 radical (unpaired) electrons. The Morgan fingerprint density at radius 1 is 0.741 bits per heavy atom. The normalized spacial score (nSPS) is 11.4. The Balaban J connectivity index is 3.17. The average Bonchev–Trinajstić information content (AvgIpc) is 2.59. The molecule has 0 aliphatic heterocycles. The van der Waals surface area contributed by atoms with Gasteiger partial charge in [0.1, 0.15) is 5.60 Å². The molecule has 9 heteroatoms. The predicted octanol–water partition coefficient (Wildman–Crippen LogP) is 0.547. The molecule has 0 saturated heterocycles. The first-order chi connectivity index (χ1) is 12.8. The van der Waals surface area contributed by atoms with E-state index in [-0.39, 0.29) is 24.9 Å². The summed E-state index contributed by atoms with van der Waals surface area (Å²) >= 11 is 0. The van der Waals surface area contributed by atoms with E-state index in [9.17, 15) is 9.59 Å². The number of carbonyl (C=O) groups excluding carboxylic acids is 2. The van der Waals surface area contributed by atoms with Crippen LogP contribution in [0.25, 0.3) is 0 Å². The molecule has 0 amide bonds. The third kappa shape index (κ3) is 20.9. The minimum Gasteiger partial charge on any atom is -0.469 e. The monoisotopic (exact) mass is 393 g/mol. The van der Waals surface area contributed by atoms with Gasteiger partial charge in [0.2, 0.25) is 0 Å². The number of hydrogen-bond donors (Lipinski definition) is 1. The average molecular weight is 393 g/mol. The van der Waals surface area contributed by atoms with Gasteiger partial charge < -0.3 is 33.7 Å². The molecule has 0 saturated carbocycles. The van der Waals surface area contributed by atoms with Gasteiger partial charge in [-0.15, -0.1) is 0 Å². The van der Waals surface area contributed by atoms with E-state index in [4.69, 9.17) is 23.7 Å². The topological polar surface area (TPSA) is 102 Å². The molecule has 0 spiro atoms. The van der Waals surface area contributed by atoms with Crippen molar-refractivity contribution >= 4 is 11.9 Å². The summed E-state index contributed by atoms with van der Waals surface area (Å²) < 4.78 is 30.9. The predicted molar refractivity (Wildman–Crippen MR) is 98.6 cm³/mol. The largest absolute Gasteiger partial charge is 0.469 e. The molecule has 0 fully saturated rings. The van der Waals surface area contributed by atoms with E-state index in [0.717, 1.165) is 0 Å². The van der Waals surface area contributed by atoms with Gasteiger partial charge >= 0.3 is 11.9 Å². The standard InChI is InChI=1S/C18H35NO8/c1-18(2,3)27-17(21)15-19-6-8-24-10-12-26-14-13-25-11-9-23-7-5-16(20)22-4/h19H,5-15H2,1-4H3. The van der Waals surface area contributed by atoms with E-state index in [1.807, 2.05) is 20.8 Å². The first kappa shape index (κ1) is 25.7. The van der Waals surface area contributed by atoms with Crippen LogP contribution < -0.4 is 5.32 Å². The second kappa shape index (κ2) is 16.9. The maximum Gasteiger partial charge on any atom is 0.320 e. The summed E-state index contributed by atoms with van der Waals surface area (Å²) in [5.74, 6) is -0.565. The lowest BCUT2D eigenvalue weighted by atomic mass is 10.2. The molecule has 0 aliphatic carbocycles. The highest BCUT2D eigenvalue weighted by Gasteiger charge is 2.15. The molecule has 0 aromatic heterocycles. The number of nitrogens with one attached hydrogen (secondary N) is 1. The number of rotatable bonds is 17. The van der Waals surface area contributed by atoms with Gasteiger partial charge in [-0.3, -0.25) is 9.59 Å². The van der Waals surface area contributed by atoms with E-state index < -0.39 is 5.60 Å². The fourth-order valence-electron chi connectivity index (χ4n) is 1.73. The molecule has 0 bridgehead atoms. The van der Waals surface area contributed by atoms with Crippen LogP contribution in [0.1, 0.15) is 27.2 Å². The van der Waals surface area contributed by atoms with Crippen LogP contribution in [0.2, 0.25) is 0 Å². The Labute approximate surface area is 161 Å². The second-order valence-electron chi connectivity index (χ2n) is 6.54. The number of hydrogen-bond acceptors (Lipinski definition) is 9. The van der Waals surface area contributed by atoms with Crippen molar-refractivity contribution in [2.24, 2.45) is 0 Å². The lowest BCUT2D eigenvalue weighted by Gasteiger charge is -2.19. The van der Waals surface area contributed by atoms with Gasteiger partial charge in [0.15, 0.2) is 0 Å². The minimum atomic E-state index is -0.464. The first-order valence-corrected chi connectivity index (χ1v) is 9.15. The second-order valence-corrected chi connectivity index (χ2v) is 6.54. The van der Waals surface area contributed by atoms with Crippen molar-refractivity contribution in [3.05, 3.63) is 0 Å². The molecule has 1 N–H and O–H groups in total. The van der Waals surface area contributed by atoms with E-state index in [0.29, 0.717) is 59.4 Å². The van der Waals surface area contributed by atoms with E-state index >= 15 is 0 Å². The molecule has 9 nitrogen and oxygen atoms in total. The van der Waals surface area contributed by atoms with Gasteiger partial charge in [-0.05, 0) is 20.8 Å². The molecular formula is C18H35NO8. The van der Waals surface area contributed by atoms with E-state index in [1.54, 1.807) is 0 Å². The molecule has 0 rings (SSSR count). The molecule has 0 heterocycles. The third-order valence-corrected chi connectivity index (χ3v) is 2.91. The SMILES string of the molecule is COC(=O)CCOCCOCCOCCOCCNCC(=O)OC(C)(C)C. The third-order valence-electron chi connectivity index (χ3n) is 2.91. The molecular weight excluding hydrogens is 358 g/mol. The van der Waals surface area contributed by atoms with Crippen molar-refractivity contribution < 1.29 is 38.0 Å². The lowest BCUT2D eigenvalue weighted by Crippen LogP contribution is -2.33. The van der Waals surface area contributed by atoms with E-state index in [2.05, 4.69) is 10.1 Å². The van der Waals surface area contributed by atoms with Crippen LogP contribution in [0.15, 0.2) is 0 Å². The van der Waals surface area contributed by atoms with Crippen molar-refractivity contribution in [1.82, 2.24) is 5.32 Å². The molecule has 160 valence electrons. The molecule has 0 aliphatic rings. The van der Waals surface area contributed by atoms with Crippen LogP contribution in [-0.4, -0.2) is 90.6 Å². The van der Waals surface area contributed by atoms with Crippen LogP contribution in [0.3, 0.4) is 0 Å². The quantitative estimate of drug-likeness (QED) is 0.280. The Kier molecular flexibility index (Phi) is 16.1. The molecule has 0 aromatic carbocycles. The van der Waals surface area contributed by atoms with Gasteiger partial charge in [-0.2, -0.15) is 0 Å². The van der Waals surface area contributed by atoms with Gasteiger partial charge in [-0.1, -0.05) is 0 Å². The summed E-state index contributed by atoms with van der Waals surface area (Å²) in [5, 5.41) is 2.96. The van der Waals surface area contributed by atoms with Crippen LogP contribution >= 0.6 is 0 Å². The number of carbonyl (C=O) groups is 2. The van der Waals surface area contributed by atoms with Crippen LogP contribution in [0, 0.1) is 0 Å². The number of ether oxygens (including phenoxy) is 6. The van der Waals surface area contributed by atoms with Crippen LogP contribution in [-0.2, 0) is 38.0 Å². The highest BCUT2D eigenvalue weighted by molar-refractivity contribution is 5.72. The van der Waals surface area contributed by atoms with Crippen molar-refractivity contribution in [3.8, 4) is 0 Å². The van der Waals surface area contributed by atoms with Crippen LogP contribution in [0.5, 0.6) is 0 Å². The highest BCUT2D eigenvalue weighted by atomic mass is 16.6. The maximum atomic E-state index is 11.4. The fourth-order valence-corrected chi connectivity index (χ4v) is 1.73. The molecule has 27 heavy (non-hydrogen) atoms. The van der Waals surface area contributed by atoms with Gasteiger partial charge in [0.05, 0.1) is 72.9 Å². The summed E-state index contributed by atoms with van der Waals surface area (Å²) in [6.07, 6.45) is 0.246. The Morgan fingerprint density at radius 3 is 1.70 bits per heavy atom. The van der Waals surface area contributed by atoms with Gasteiger partial charge in [0.25, 0.3) is 0 Å². The fraction of sp³-hybridized carbons (Fsp3) is 0.889. The number of methoxy groups -OCH3 is 1. The zero-order chi connectivity index (χ0) is 20.4. The Morgan fingerprint density at radius 2 is 1.22 bits per heavy atom. The Hall–Kier alpha value is -1.26. The van der Waals surface area contributed by atoms with Crippen molar-refractivity contribution in [2.45, 2.75) is 32.8 Å². The van der Waals surface area contributed by atoms with Gasteiger partial charge in [0, 0.05) is 6.54 Å². The Bertz CT molecular complexity index is 384. The lowest BCUT2D eigenvalue weighted by molar-refractivity contribution is -0.153. The number of esters is 2. The first-order valence-electron chi connectivity index (χ1n) is 9.15. The van der Waals surface area contributed by atoms with Crippen molar-refractivity contribution in [3.63, 3.8) is 0 Å². The molecule has 0 atom stereocenters. The van der Waals surface area contributed by atoms with E-state index in [1.165, 1.54) is 7.11 Å². The molecule has 0 aromatic rings. The van der Waals surface area contributed by atoms with Crippen LogP contribution in [0.4, 0.5) is 0 Å². The van der Waals surface area contributed by atoms with Crippen molar-refractivity contribution in [1.29, 1.82) is 0 Å². The summed E-state index contributed by atoms with van der Waals surface area (Å²) in [5.41, 5.74) is -0.464. The summed E-state index contributed by atoms with van der Waals surface area (Å²) in [6.45, 7) is 9.83. The highest BCUT2D eigenvalue weighted by Crippen LogP contribution is 2.05. The zero-order valence-electron chi connectivity index (χ0n) is 17.0. The summed E-state index contributed by atoms with van der Waals surface area (Å²) in [4.78, 5) is 22.3. The smallest absolute Gasteiger partial charge is 0.320 e. The van der Waals surface area contributed by atoms with Crippen molar-refractivity contribution in [2.75, 3.05) is 73.1 Å². The maximum absolute atomic E-state index is 11.4. The summed E-state index contributed by atoms with van der Waals surface area (Å²) in [7, 11) is 1.35. The molecule has 0 unspecified atom stereocenters. The zero-order valence-corrected chi connectivity index (χ0v) is 17.0. The summed E-state index contributed by atoms with van der Waals surface area (Å²) in [6, 6.07) is 0. The van der Waals surface area contributed by atoms with Gasteiger partial charge in [-0.25, -0.2) is 0 Å².